The monoisotopic (exact) mass is 424 g/mol. The molecule has 0 aliphatic carbocycles. The van der Waals surface area contributed by atoms with Crippen LogP contribution in [0.15, 0.2) is 47.5 Å². The van der Waals surface area contributed by atoms with Crippen molar-refractivity contribution in [2.45, 2.75) is 57.2 Å². The number of benzene rings is 1. The Balaban J connectivity index is 1.56. The SMILES string of the molecule is O=C1N[C@H]2CCCN(C(=O)Cn3cccnc3=O)[C@H]2CCCCCOc2ccccc21. The van der Waals surface area contributed by atoms with Crippen molar-refractivity contribution in [1.29, 1.82) is 0 Å². The van der Waals surface area contributed by atoms with Crippen molar-refractivity contribution in [3.8, 4) is 5.75 Å². The molecule has 1 fully saturated rings. The number of hydrogen-bond acceptors (Lipinski definition) is 5. The highest BCUT2D eigenvalue weighted by Crippen LogP contribution is 2.26. The molecule has 8 heteroatoms. The molecule has 0 bridgehead atoms. The van der Waals surface area contributed by atoms with Crippen LogP contribution in [0.5, 0.6) is 5.75 Å². The summed E-state index contributed by atoms with van der Waals surface area (Å²) in [5.41, 5.74) is 0.0835. The largest absolute Gasteiger partial charge is 0.493 e. The highest BCUT2D eigenvalue weighted by atomic mass is 16.5. The van der Waals surface area contributed by atoms with Crippen LogP contribution in [0.25, 0.3) is 0 Å². The van der Waals surface area contributed by atoms with E-state index in [9.17, 15) is 14.4 Å². The minimum absolute atomic E-state index is 0.0412. The van der Waals surface area contributed by atoms with E-state index in [0.717, 1.165) is 38.5 Å². The maximum atomic E-state index is 13.1. The smallest absolute Gasteiger partial charge is 0.347 e. The van der Waals surface area contributed by atoms with Crippen molar-refractivity contribution in [3.63, 3.8) is 0 Å². The second-order valence-electron chi connectivity index (χ2n) is 8.10. The Morgan fingerprint density at radius 1 is 1.10 bits per heavy atom. The molecule has 2 aromatic rings. The van der Waals surface area contributed by atoms with Gasteiger partial charge < -0.3 is 15.0 Å². The van der Waals surface area contributed by atoms with Crippen molar-refractivity contribution >= 4 is 11.8 Å². The Labute approximate surface area is 181 Å². The number of para-hydroxylation sites is 1. The molecule has 2 atom stereocenters. The predicted molar refractivity (Wildman–Crippen MR) is 115 cm³/mol. The van der Waals surface area contributed by atoms with Gasteiger partial charge in [0.1, 0.15) is 12.3 Å². The molecule has 1 aromatic carbocycles. The number of nitrogens with zero attached hydrogens (tertiary/aromatic N) is 3. The number of hydrogen-bond donors (Lipinski definition) is 1. The summed E-state index contributed by atoms with van der Waals surface area (Å²) in [5.74, 6) is 0.302. The normalized spacial score (nSPS) is 22.1. The summed E-state index contributed by atoms with van der Waals surface area (Å²) in [6, 6.07) is 8.69. The van der Waals surface area contributed by atoms with Crippen LogP contribution >= 0.6 is 0 Å². The molecular formula is C23H28N4O4. The summed E-state index contributed by atoms with van der Waals surface area (Å²) in [7, 11) is 0. The first-order valence-corrected chi connectivity index (χ1v) is 11.0. The van der Waals surface area contributed by atoms with Crippen LogP contribution in [0.3, 0.4) is 0 Å². The van der Waals surface area contributed by atoms with Crippen molar-refractivity contribution in [1.82, 2.24) is 19.8 Å². The summed E-state index contributed by atoms with van der Waals surface area (Å²) < 4.78 is 7.17. The highest BCUT2D eigenvalue weighted by Gasteiger charge is 2.35. The van der Waals surface area contributed by atoms with Gasteiger partial charge in [0.25, 0.3) is 5.91 Å². The van der Waals surface area contributed by atoms with E-state index in [2.05, 4.69) is 10.3 Å². The van der Waals surface area contributed by atoms with Gasteiger partial charge in [0.2, 0.25) is 5.91 Å². The van der Waals surface area contributed by atoms with Crippen LogP contribution in [0, 0.1) is 0 Å². The van der Waals surface area contributed by atoms with E-state index >= 15 is 0 Å². The summed E-state index contributed by atoms with van der Waals surface area (Å²) in [4.78, 5) is 43.7. The zero-order valence-corrected chi connectivity index (χ0v) is 17.5. The summed E-state index contributed by atoms with van der Waals surface area (Å²) in [6.07, 6.45) is 8.25. The lowest BCUT2D eigenvalue weighted by atomic mass is 9.91. The van der Waals surface area contributed by atoms with Gasteiger partial charge in [0.05, 0.1) is 18.2 Å². The second kappa shape index (κ2) is 9.76. The third-order valence-electron chi connectivity index (χ3n) is 6.04. The topological polar surface area (TPSA) is 93.5 Å². The van der Waals surface area contributed by atoms with Gasteiger partial charge in [-0.3, -0.25) is 14.2 Å². The number of carbonyl (C=O) groups excluding carboxylic acids is 2. The standard InChI is InChI=1S/C23H28N4O4/c28-21(16-26-13-7-12-24-23(26)30)27-14-6-9-18-19(27)10-2-1-5-15-31-20-11-4-3-8-17(20)22(29)25-18/h3-4,7-8,11-13,18-19H,1-2,5-6,9-10,14-16H2,(H,25,29)/t18-,19-/m0/s1. The second-order valence-corrected chi connectivity index (χ2v) is 8.10. The lowest BCUT2D eigenvalue weighted by Crippen LogP contribution is -2.57. The number of aromatic nitrogens is 2. The van der Waals surface area contributed by atoms with Crippen molar-refractivity contribution < 1.29 is 14.3 Å². The Kier molecular flexibility index (Phi) is 6.64. The molecule has 8 nitrogen and oxygen atoms in total. The average molecular weight is 425 g/mol. The maximum Gasteiger partial charge on any atom is 0.347 e. The van der Waals surface area contributed by atoms with Crippen molar-refractivity contribution in [3.05, 3.63) is 58.8 Å². The minimum Gasteiger partial charge on any atom is -0.493 e. The highest BCUT2D eigenvalue weighted by molar-refractivity contribution is 5.97. The Hall–Kier alpha value is -3.16. The quantitative estimate of drug-likeness (QED) is 0.796. The van der Waals surface area contributed by atoms with Crippen LogP contribution in [-0.2, 0) is 11.3 Å². The van der Waals surface area contributed by atoms with Gasteiger partial charge in [-0.25, -0.2) is 9.78 Å². The van der Waals surface area contributed by atoms with Gasteiger partial charge in [-0.1, -0.05) is 18.6 Å². The molecule has 3 heterocycles. The summed E-state index contributed by atoms with van der Waals surface area (Å²) in [6.45, 7) is 1.15. The third-order valence-corrected chi connectivity index (χ3v) is 6.04. The number of fused-ring (bicyclic) bond motifs is 2. The molecule has 1 saturated heterocycles. The number of nitrogens with one attached hydrogen (secondary N) is 1. The zero-order chi connectivity index (χ0) is 21.6. The third kappa shape index (κ3) is 4.95. The molecule has 0 radical (unpaired) electrons. The van der Waals surface area contributed by atoms with E-state index in [4.69, 9.17) is 4.74 Å². The summed E-state index contributed by atoms with van der Waals surface area (Å²) in [5, 5.41) is 3.16. The number of amides is 2. The van der Waals surface area contributed by atoms with Crippen LogP contribution < -0.4 is 15.7 Å². The Bertz CT molecular complexity index is 989. The average Bonchev–Trinajstić information content (AvgIpc) is 2.77. The molecule has 2 aliphatic rings. The number of piperidine rings is 1. The van der Waals surface area contributed by atoms with E-state index in [1.807, 2.05) is 23.1 Å². The number of ether oxygens (including phenoxy) is 1. The lowest BCUT2D eigenvalue weighted by molar-refractivity contribution is -0.136. The van der Waals surface area contributed by atoms with E-state index in [0.29, 0.717) is 24.5 Å². The van der Waals surface area contributed by atoms with Gasteiger partial charge in [0.15, 0.2) is 0 Å². The van der Waals surface area contributed by atoms with Crippen molar-refractivity contribution in [2.24, 2.45) is 0 Å². The molecule has 0 saturated carbocycles. The van der Waals surface area contributed by atoms with Gasteiger partial charge >= 0.3 is 5.69 Å². The fourth-order valence-electron chi connectivity index (χ4n) is 4.48. The molecule has 2 amide bonds. The molecule has 1 N–H and O–H groups in total. The number of likely N-dealkylation sites (tertiary alicyclic amines) is 1. The van der Waals surface area contributed by atoms with Gasteiger partial charge in [-0.05, 0) is 50.3 Å². The van der Waals surface area contributed by atoms with Gasteiger partial charge in [-0.2, -0.15) is 0 Å². The molecule has 164 valence electrons. The van der Waals surface area contributed by atoms with E-state index in [1.165, 1.54) is 10.8 Å². The van der Waals surface area contributed by atoms with Crippen LogP contribution in [0.4, 0.5) is 0 Å². The molecule has 0 unspecified atom stereocenters. The first-order chi connectivity index (χ1) is 15.1. The van der Waals surface area contributed by atoms with Gasteiger partial charge in [0, 0.05) is 25.0 Å². The van der Waals surface area contributed by atoms with E-state index in [1.54, 1.807) is 18.3 Å². The number of carbonyl (C=O) groups is 2. The molecule has 4 rings (SSSR count). The fourth-order valence-corrected chi connectivity index (χ4v) is 4.48. The first kappa shape index (κ1) is 21.1. The first-order valence-electron chi connectivity index (χ1n) is 11.0. The zero-order valence-electron chi connectivity index (χ0n) is 17.5. The molecular weight excluding hydrogens is 396 g/mol. The van der Waals surface area contributed by atoms with E-state index in [-0.39, 0.29) is 30.4 Å². The molecule has 1 aromatic heterocycles. The van der Waals surface area contributed by atoms with Crippen LogP contribution in [0.1, 0.15) is 48.9 Å². The van der Waals surface area contributed by atoms with E-state index < -0.39 is 5.69 Å². The fraction of sp³-hybridized carbons (Fsp3) is 0.478. The number of rotatable bonds is 2. The summed E-state index contributed by atoms with van der Waals surface area (Å²) >= 11 is 0. The van der Waals surface area contributed by atoms with Crippen LogP contribution in [0.2, 0.25) is 0 Å². The maximum absolute atomic E-state index is 13.1. The minimum atomic E-state index is -0.437. The van der Waals surface area contributed by atoms with Crippen LogP contribution in [-0.4, -0.2) is 51.5 Å². The predicted octanol–water partition coefficient (Wildman–Crippen LogP) is 1.99. The van der Waals surface area contributed by atoms with Crippen molar-refractivity contribution in [2.75, 3.05) is 13.2 Å². The Morgan fingerprint density at radius 2 is 1.97 bits per heavy atom. The lowest BCUT2D eigenvalue weighted by Gasteiger charge is -2.42. The van der Waals surface area contributed by atoms with Gasteiger partial charge in [-0.15, -0.1) is 0 Å². The molecule has 0 spiro atoms. The Morgan fingerprint density at radius 3 is 2.84 bits per heavy atom. The molecule has 31 heavy (non-hydrogen) atoms. The molecule has 2 aliphatic heterocycles.